The quantitative estimate of drug-likeness (QED) is 0.792. The van der Waals surface area contributed by atoms with Gasteiger partial charge in [-0.15, -0.1) is 0 Å². The molecule has 2 aromatic rings. The van der Waals surface area contributed by atoms with Crippen LogP contribution >= 0.6 is 0 Å². The number of carbonyl (C=O) groups is 2. The largest absolute Gasteiger partial charge is 0.497 e. The number of aromatic amines is 1. The van der Waals surface area contributed by atoms with Gasteiger partial charge >= 0.3 is 5.97 Å². The Balaban J connectivity index is 1.75. The van der Waals surface area contributed by atoms with Crippen molar-refractivity contribution in [3.8, 4) is 5.75 Å². The molecule has 1 aliphatic heterocycles. The molecule has 6 heteroatoms. The Hall–Kier alpha value is -3.41. The maximum absolute atomic E-state index is 13.4. The number of nitrogens with one attached hydrogen (secondary N) is 2. The molecule has 0 saturated carbocycles. The lowest BCUT2D eigenvalue weighted by Crippen LogP contribution is -2.42. The summed E-state index contributed by atoms with van der Waals surface area (Å²) in [4.78, 5) is 29.0. The van der Waals surface area contributed by atoms with E-state index in [4.69, 9.17) is 9.47 Å². The minimum absolute atomic E-state index is 0.0452. The topological polar surface area (TPSA) is 78.8 Å². The summed E-state index contributed by atoms with van der Waals surface area (Å²) in [5.41, 5.74) is 4.03. The van der Waals surface area contributed by atoms with E-state index in [0.29, 0.717) is 24.1 Å². The van der Waals surface area contributed by atoms with Crippen molar-refractivity contribution in [3.05, 3.63) is 83.5 Å². The van der Waals surface area contributed by atoms with Gasteiger partial charge in [0.1, 0.15) is 11.7 Å². The van der Waals surface area contributed by atoms with Crippen LogP contribution < -0.4 is 15.0 Å². The van der Waals surface area contributed by atoms with Crippen LogP contribution in [-0.4, -0.2) is 26.0 Å². The Labute approximate surface area is 175 Å². The zero-order valence-electron chi connectivity index (χ0n) is 17.1. The number of carbonyl (C=O) groups excluding carboxylic acids is 2. The number of H-pyrrole nitrogens is 1. The third-order valence-corrected chi connectivity index (χ3v) is 5.98. The van der Waals surface area contributed by atoms with Crippen LogP contribution in [0.4, 0.5) is 0 Å². The van der Waals surface area contributed by atoms with Crippen molar-refractivity contribution in [2.75, 3.05) is 14.2 Å². The van der Waals surface area contributed by atoms with E-state index in [-0.39, 0.29) is 11.7 Å². The molecule has 1 aromatic heterocycles. The van der Waals surface area contributed by atoms with Gasteiger partial charge in [-0.2, -0.15) is 0 Å². The highest BCUT2D eigenvalue weighted by molar-refractivity contribution is 6.01. The average Bonchev–Trinajstić information content (AvgIpc) is 2.78. The number of rotatable bonds is 4. The number of aromatic nitrogens is 1. The van der Waals surface area contributed by atoms with Crippen molar-refractivity contribution in [1.82, 2.24) is 5.32 Å². The van der Waals surface area contributed by atoms with Crippen molar-refractivity contribution >= 4 is 11.8 Å². The van der Waals surface area contributed by atoms with E-state index < -0.39 is 17.8 Å². The molecule has 2 N–H and O–H groups in total. The van der Waals surface area contributed by atoms with Gasteiger partial charge in [0.25, 0.3) is 0 Å². The molecule has 2 aliphatic rings. The molecule has 6 nitrogen and oxygen atoms in total. The predicted octanol–water partition coefficient (Wildman–Crippen LogP) is 2.90. The van der Waals surface area contributed by atoms with Gasteiger partial charge in [-0.05, 0) is 35.6 Å². The Kier molecular flexibility index (Phi) is 5.40. The van der Waals surface area contributed by atoms with Crippen LogP contribution in [0.15, 0.2) is 72.3 Å². The summed E-state index contributed by atoms with van der Waals surface area (Å²) in [6.45, 7) is 4.10. The maximum Gasteiger partial charge on any atom is 0.315 e. The molecule has 0 spiro atoms. The molecular weight excluding hydrogens is 380 g/mol. The number of hydrogen-bond donors (Lipinski definition) is 1. The molecule has 0 amide bonds. The number of Topliss-reactive ketones (excluding diaryl/α,β-unsaturated/α-hetero) is 1. The normalized spacial score (nSPS) is 23.5. The van der Waals surface area contributed by atoms with E-state index in [2.05, 4.69) is 16.9 Å². The first-order chi connectivity index (χ1) is 14.5. The Morgan fingerprint density at radius 3 is 2.40 bits per heavy atom. The fraction of sp³-hybridized carbons (Fsp3) is 0.292. The minimum atomic E-state index is -0.655. The number of allylic oxidation sites excluding steroid dienone is 2. The third kappa shape index (κ3) is 3.49. The van der Waals surface area contributed by atoms with Crippen molar-refractivity contribution in [2.24, 2.45) is 5.92 Å². The lowest BCUT2D eigenvalue weighted by molar-refractivity contribution is -0.378. The standard InChI is InChI=1S/C24H24N2O4/c1-14-21(24(28)30-3)22(16-8-10-25-11-9-16)23-19(26-14)12-17(13-20(23)27)15-4-6-18(29-2)7-5-15/h4-11,17,21-22,26H,1,12-13H2,2-3H3/p+1. The van der Waals surface area contributed by atoms with Crippen LogP contribution in [0.2, 0.25) is 0 Å². The van der Waals surface area contributed by atoms with Gasteiger partial charge in [0, 0.05) is 41.4 Å². The van der Waals surface area contributed by atoms with E-state index in [0.717, 1.165) is 22.6 Å². The van der Waals surface area contributed by atoms with Crippen LogP contribution in [0.5, 0.6) is 5.75 Å². The van der Waals surface area contributed by atoms with Gasteiger partial charge in [-0.25, -0.2) is 4.98 Å². The summed E-state index contributed by atoms with van der Waals surface area (Å²) >= 11 is 0. The summed E-state index contributed by atoms with van der Waals surface area (Å²) < 4.78 is 10.3. The number of hydrogen-bond acceptors (Lipinski definition) is 5. The SMILES string of the molecule is C=C1NC2=C(C(=O)CC(c3ccc(OC)cc3)C2)C(c2cc[nH+]cc2)C1C(=O)OC. The van der Waals surface area contributed by atoms with Gasteiger partial charge < -0.3 is 14.8 Å². The van der Waals surface area contributed by atoms with Gasteiger partial charge in [0.05, 0.1) is 14.2 Å². The molecule has 3 atom stereocenters. The summed E-state index contributed by atoms with van der Waals surface area (Å²) in [6, 6.07) is 11.6. The number of ketones is 1. The lowest BCUT2D eigenvalue weighted by Gasteiger charge is -2.39. The molecule has 3 unspecified atom stereocenters. The second-order valence-electron chi connectivity index (χ2n) is 7.66. The smallest absolute Gasteiger partial charge is 0.315 e. The molecule has 1 aliphatic carbocycles. The first-order valence-electron chi connectivity index (χ1n) is 9.93. The molecule has 0 fully saturated rings. The molecule has 4 rings (SSSR count). The third-order valence-electron chi connectivity index (χ3n) is 5.98. The summed E-state index contributed by atoms with van der Waals surface area (Å²) in [5.74, 6) is -0.586. The second-order valence-corrected chi connectivity index (χ2v) is 7.66. The molecule has 30 heavy (non-hydrogen) atoms. The Bertz CT molecular complexity index is 1010. The average molecular weight is 405 g/mol. The van der Waals surface area contributed by atoms with Crippen LogP contribution in [0.1, 0.15) is 35.8 Å². The van der Waals surface area contributed by atoms with E-state index in [9.17, 15) is 9.59 Å². The fourth-order valence-corrected chi connectivity index (χ4v) is 4.53. The van der Waals surface area contributed by atoms with Crippen LogP contribution in [0, 0.1) is 5.92 Å². The number of ether oxygens (including phenoxy) is 2. The van der Waals surface area contributed by atoms with Gasteiger partial charge in [0.2, 0.25) is 0 Å². The van der Waals surface area contributed by atoms with E-state index in [1.165, 1.54) is 7.11 Å². The molecule has 2 heterocycles. The van der Waals surface area contributed by atoms with E-state index >= 15 is 0 Å². The molecule has 0 radical (unpaired) electrons. The molecule has 0 bridgehead atoms. The van der Waals surface area contributed by atoms with Crippen molar-refractivity contribution in [3.63, 3.8) is 0 Å². The number of esters is 1. The monoisotopic (exact) mass is 405 g/mol. The van der Waals surface area contributed by atoms with Gasteiger partial charge in [-0.3, -0.25) is 9.59 Å². The number of methoxy groups -OCH3 is 2. The van der Waals surface area contributed by atoms with E-state index in [1.807, 2.05) is 36.4 Å². The van der Waals surface area contributed by atoms with Crippen molar-refractivity contribution < 1.29 is 24.0 Å². The van der Waals surface area contributed by atoms with Crippen molar-refractivity contribution in [2.45, 2.75) is 24.7 Å². The molecule has 154 valence electrons. The molecule has 0 saturated heterocycles. The summed E-state index contributed by atoms with van der Waals surface area (Å²) in [7, 11) is 2.99. The highest BCUT2D eigenvalue weighted by Crippen LogP contribution is 2.47. The maximum atomic E-state index is 13.4. The van der Waals surface area contributed by atoms with Crippen molar-refractivity contribution in [1.29, 1.82) is 0 Å². The first kappa shape index (κ1) is 19.9. The van der Waals surface area contributed by atoms with Gasteiger partial charge in [-0.1, -0.05) is 18.7 Å². The first-order valence-corrected chi connectivity index (χ1v) is 9.93. The minimum Gasteiger partial charge on any atom is -0.497 e. The highest BCUT2D eigenvalue weighted by atomic mass is 16.5. The zero-order valence-corrected chi connectivity index (χ0v) is 17.1. The van der Waals surface area contributed by atoms with Gasteiger partial charge in [0.15, 0.2) is 18.2 Å². The van der Waals surface area contributed by atoms with E-state index in [1.54, 1.807) is 19.5 Å². The predicted molar refractivity (Wildman–Crippen MR) is 111 cm³/mol. The number of benzene rings is 1. The fourth-order valence-electron chi connectivity index (χ4n) is 4.53. The van der Waals surface area contributed by atoms with Crippen LogP contribution in [0.25, 0.3) is 0 Å². The molecule has 1 aromatic carbocycles. The second kappa shape index (κ2) is 8.14. The van der Waals surface area contributed by atoms with Crippen LogP contribution in [0.3, 0.4) is 0 Å². The zero-order chi connectivity index (χ0) is 21.3. The summed E-state index contributed by atoms with van der Waals surface area (Å²) in [5, 5.41) is 3.27. The highest BCUT2D eigenvalue weighted by Gasteiger charge is 2.45. The Morgan fingerprint density at radius 2 is 1.77 bits per heavy atom. The van der Waals surface area contributed by atoms with Crippen LogP contribution in [-0.2, 0) is 14.3 Å². The summed E-state index contributed by atoms with van der Waals surface area (Å²) in [6.07, 6.45) is 4.66. The Morgan fingerprint density at radius 1 is 1.07 bits per heavy atom. The number of pyridine rings is 1. The molecular formula is C24H25N2O4+. The lowest BCUT2D eigenvalue weighted by atomic mass is 9.69.